The SMILES string of the molecule is CC(C)Nc1ncc(CNCc2ccco2)cn1. The molecule has 2 N–H and O–H groups in total. The topological polar surface area (TPSA) is 63.0 Å². The van der Waals surface area contributed by atoms with Gasteiger partial charge in [-0.2, -0.15) is 0 Å². The molecule has 5 nitrogen and oxygen atoms in total. The molecule has 0 bridgehead atoms. The Morgan fingerprint density at radius 1 is 1.22 bits per heavy atom. The van der Waals surface area contributed by atoms with Crippen molar-refractivity contribution in [2.45, 2.75) is 33.0 Å². The first-order chi connectivity index (χ1) is 8.74. The molecule has 0 aliphatic heterocycles. The van der Waals surface area contributed by atoms with Crippen LogP contribution in [0.3, 0.4) is 0 Å². The molecule has 0 aromatic carbocycles. The lowest BCUT2D eigenvalue weighted by atomic mass is 10.3. The minimum absolute atomic E-state index is 0.341. The first-order valence-corrected chi connectivity index (χ1v) is 6.04. The maximum atomic E-state index is 5.23. The molecule has 2 aromatic heterocycles. The van der Waals surface area contributed by atoms with Crippen LogP contribution in [0.25, 0.3) is 0 Å². The van der Waals surface area contributed by atoms with Gasteiger partial charge >= 0.3 is 0 Å². The third kappa shape index (κ3) is 3.85. The zero-order valence-electron chi connectivity index (χ0n) is 10.7. The van der Waals surface area contributed by atoms with Crippen molar-refractivity contribution >= 4 is 5.95 Å². The molecule has 2 aromatic rings. The summed E-state index contributed by atoms with van der Waals surface area (Å²) in [5, 5.41) is 6.42. The van der Waals surface area contributed by atoms with Crippen molar-refractivity contribution in [1.82, 2.24) is 15.3 Å². The molecular weight excluding hydrogens is 228 g/mol. The fraction of sp³-hybridized carbons (Fsp3) is 0.385. The Morgan fingerprint density at radius 3 is 2.61 bits per heavy atom. The number of aromatic nitrogens is 2. The molecule has 0 unspecified atom stereocenters. The highest BCUT2D eigenvalue weighted by Crippen LogP contribution is 2.03. The van der Waals surface area contributed by atoms with Gasteiger partial charge in [-0.25, -0.2) is 9.97 Å². The van der Waals surface area contributed by atoms with E-state index in [-0.39, 0.29) is 0 Å². The van der Waals surface area contributed by atoms with Crippen LogP contribution in [-0.2, 0) is 13.1 Å². The van der Waals surface area contributed by atoms with Crippen molar-refractivity contribution in [3.63, 3.8) is 0 Å². The lowest BCUT2D eigenvalue weighted by molar-refractivity contribution is 0.482. The quantitative estimate of drug-likeness (QED) is 0.818. The Kier molecular flexibility index (Phi) is 4.30. The van der Waals surface area contributed by atoms with Crippen LogP contribution in [0, 0.1) is 0 Å². The number of anilines is 1. The smallest absolute Gasteiger partial charge is 0.222 e. The Hall–Kier alpha value is -1.88. The predicted octanol–water partition coefficient (Wildman–Crippen LogP) is 2.18. The molecule has 0 aliphatic carbocycles. The predicted molar refractivity (Wildman–Crippen MR) is 70.0 cm³/mol. The van der Waals surface area contributed by atoms with Crippen LogP contribution in [0.4, 0.5) is 5.95 Å². The van der Waals surface area contributed by atoms with Crippen LogP contribution < -0.4 is 10.6 Å². The van der Waals surface area contributed by atoms with Crippen LogP contribution >= 0.6 is 0 Å². The molecule has 5 heteroatoms. The van der Waals surface area contributed by atoms with E-state index in [2.05, 4.69) is 34.4 Å². The second-order valence-electron chi connectivity index (χ2n) is 4.40. The summed E-state index contributed by atoms with van der Waals surface area (Å²) in [5.41, 5.74) is 1.05. The molecular formula is C13H18N4O. The van der Waals surface area contributed by atoms with E-state index in [1.54, 1.807) is 6.26 Å². The molecule has 0 spiro atoms. The standard InChI is InChI=1S/C13H18N4O/c1-10(2)17-13-15-7-11(8-16-13)6-14-9-12-4-3-5-18-12/h3-5,7-8,10,14H,6,9H2,1-2H3,(H,15,16,17). The van der Waals surface area contributed by atoms with Gasteiger partial charge in [-0.3, -0.25) is 0 Å². The maximum absolute atomic E-state index is 5.23. The summed E-state index contributed by atoms with van der Waals surface area (Å²) in [6.45, 7) is 5.55. The first-order valence-electron chi connectivity index (χ1n) is 6.04. The summed E-state index contributed by atoms with van der Waals surface area (Å²) in [4.78, 5) is 8.50. The van der Waals surface area contributed by atoms with Gasteiger partial charge in [-0.1, -0.05) is 0 Å². The van der Waals surface area contributed by atoms with Crippen LogP contribution in [0.1, 0.15) is 25.2 Å². The summed E-state index contributed by atoms with van der Waals surface area (Å²) in [7, 11) is 0. The fourth-order valence-corrected chi connectivity index (χ4v) is 1.52. The van der Waals surface area contributed by atoms with Gasteiger partial charge in [0, 0.05) is 30.5 Å². The van der Waals surface area contributed by atoms with Crippen LogP contribution in [-0.4, -0.2) is 16.0 Å². The largest absolute Gasteiger partial charge is 0.468 e. The summed E-state index contributed by atoms with van der Waals surface area (Å²) in [6.07, 6.45) is 5.33. The second-order valence-corrected chi connectivity index (χ2v) is 4.40. The average molecular weight is 246 g/mol. The molecule has 0 atom stereocenters. The van der Waals surface area contributed by atoms with Gasteiger partial charge < -0.3 is 15.1 Å². The maximum Gasteiger partial charge on any atom is 0.222 e. The van der Waals surface area contributed by atoms with E-state index in [9.17, 15) is 0 Å². The molecule has 2 heterocycles. The third-order valence-corrected chi connectivity index (χ3v) is 2.33. The summed E-state index contributed by atoms with van der Waals surface area (Å²) in [6, 6.07) is 4.17. The van der Waals surface area contributed by atoms with Crippen molar-refractivity contribution in [2.75, 3.05) is 5.32 Å². The second kappa shape index (κ2) is 6.16. The van der Waals surface area contributed by atoms with Crippen molar-refractivity contribution in [3.8, 4) is 0 Å². The van der Waals surface area contributed by atoms with Gasteiger partial charge in [0.2, 0.25) is 5.95 Å². The molecule has 0 saturated carbocycles. The van der Waals surface area contributed by atoms with Crippen molar-refractivity contribution in [2.24, 2.45) is 0 Å². The summed E-state index contributed by atoms with van der Waals surface area (Å²) >= 11 is 0. The van der Waals surface area contributed by atoms with Gasteiger partial charge in [0.25, 0.3) is 0 Å². The highest BCUT2D eigenvalue weighted by molar-refractivity contribution is 5.25. The Morgan fingerprint density at radius 2 is 2.00 bits per heavy atom. The van der Waals surface area contributed by atoms with Crippen molar-refractivity contribution in [1.29, 1.82) is 0 Å². The Labute approximate surface area is 107 Å². The van der Waals surface area contributed by atoms with E-state index in [1.807, 2.05) is 24.5 Å². The van der Waals surface area contributed by atoms with E-state index in [0.29, 0.717) is 18.5 Å². The third-order valence-electron chi connectivity index (χ3n) is 2.33. The molecule has 18 heavy (non-hydrogen) atoms. The number of hydrogen-bond donors (Lipinski definition) is 2. The van der Waals surface area contributed by atoms with Crippen LogP contribution in [0.5, 0.6) is 0 Å². The zero-order chi connectivity index (χ0) is 12.8. The normalized spacial score (nSPS) is 10.8. The van der Waals surface area contributed by atoms with Crippen molar-refractivity contribution < 1.29 is 4.42 Å². The highest BCUT2D eigenvalue weighted by atomic mass is 16.3. The summed E-state index contributed by atoms with van der Waals surface area (Å²) < 4.78 is 5.23. The Balaban J connectivity index is 1.79. The number of rotatable bonds is 6. The lowest BCUT2D eigenvalue weighted by Crippen LogP contribution is -2.15. The molecule has 0 fully saturated rings. The molecule has 0 amide bonds. The van der Waals surface area contributed by atoms with E-state index in [4.69, 9.17) is 4.42 Å². The fourth-order valence-electron chi connectivity index (χ4n) is 1.52. The minimum Gasteiger partial charge on any atom is -0.468 e. The van der Waals surface area contributed by atoms with E-state index in [1.165, 1.54) is 0 Å². The molecule has 2 rings (SSSR count). The average Bonchev–Trinajstić information content (AvgIpc) is 2.84. The zero-order valence-corrected chi connectivity index (χ0v) is 10.7. The highest BCUT2D eigenvalue weighted by Gasteiger charge is 2.00. The van der Waals surface area contributed by atoms with Gasteiger partial charge in [-0.15, -0.1) is 0 Å². The van der Waals surface area contributed by atoms with Gasteiger partial charge in [0.05, 0.1) is 12.8 Å². The molecule has 0 saturated heterocycles. The molecule has 96 valence electrons. The lowest BCUT2D eigenvalue weighted by Gasteiger charge is -2.08. The van der Waals surface area contributed by atoms with E-state index < -0.39 is 0 Å². The molecule has 0 radical (unpaired) electrons. The van der Waals surface area contributed by atoms with Crippen molar-refractivity contribution in [3.05, 3.63) is 42.1 Å². The van der Waals surface area contributed by atoms with Gasteiger partial charge in [0.1, 0.15) is 5.76 Å². The number of nitrogens with one attached hydrogen (secondary N) is 2. The number of hydrogen-bond acceptors (Lipinski definition) is 5. The number of nitrogens with zero attached hydrogens (tertiary/aromatic N) is 2. The summed E-state index contributed by atoms with van der Waals surface area (Å²) in [5.74, 6) is 1.59. The van der Waals surface area contributed by atoms with Crippen LogP contribution in [0.2, 0.25) is 0 Å². The monoisotopic (exact) mass is 246 g/mol. The first kappa shape index (κ1) is 12.6. The Bertz CT molecular complexity index is 450. The van der Waals surface area contributed by atoms with E-state index in [0.717, 1.165) is 17.9 Å². The van der Waals surface area contributed by atoms with E-state index >= 15 is 0 Å². The minimum atomic E-state index is 0.341. The number of furan rings is 1. The van der Waals surface area contributed by atoms with Gasteiger partial charge in [-0.05, 0) is 26.0 Å². The molecule has 0 aliphatic rings. The van der Waals surface area contributed by atoms with Gasteiger partial charge in [0.15, 0.2) is 0 Å². The van der Waals surface area contributed by atoms with Crippen LogP contribution in [0.15, 0.2) is 35.2 Å².